The Morgan fingerprint density at radius 2 is 2.13 bits per heavy atom. The van der Waals surface area contributed by atoms with Gasteiger partial charge in [-0.15, -0.1) is 11.6 Å². The van der Waals surface area contributed by atoms with E-state index in [2.05, 4.69) is 30.9 Å². The fourth-order valence-electron chi connectivity index (χ4n) is 1.66. The topological polar surface area (TPSA) is 30.2 Å². The molecular weight excluding hydrogens is 210 g/mol. The van der Waals surface area contributed by atoms with Crippen LogP contribution in [0.5, 0.6) is 0 Å². The molecule has 0 aromatic carbocycles. The molecule has 0 unspecified atom stereocenters. The van der Waals surface area contributed by atoms with E-state index in [-0.39, 0.29) is 5.41 Å². The Morgan fingerprint density at radius 1 is 1.40 bits per heavy atom. The number of hydrogen-bond donors (Lipinski definition) is 0. The van der Waals surface area contributed by atoms with Gasteiger partial charge in [-0.05, 0) is 6.07 Å². The third kappa shape index (κ3) is 1.72. The van der Waals surface area contributed by atoms with E-state index in [1.54, 1.807) is 10.7 Å². The van der Waals surface area contributed by atoms with Crippen LogP contribution in [0.1, 0.15) is 32.0 Å². The Bertz CT molecular complexity index is 482. The summed E-state index contributed by atoms with van der Waals surface area (Å²) in [4.78, 5) is 4.30. The molecule has 2 heterocycles. The molecule has 80 valence electrons. The largest absolute Gasteiger partial charge is 0.237 e. The first-order chi connectivity index (χ1) is 7.04. The van der Waals surface area contributed by atoms with E-state index in [4.69, 9.17) is 11.6 Å². The van der Waals surface area contributed by atoms with Crippen molar-refractivity contribution in [2.45, 2.75) is 32.1 Å². The van der Waals surface area contributed by atoms with Gasteiger partial charge in [0.25, 0.3) is 0 Å². The van der Waals surface area contributed by atoms with Crippen LogP contribution in [0.4, 0.5) is 0 Å². The Balaban J connectivity index is 2.75. The second kappa shape index (κ2) is 3.49. The Labute approximate surface area is 94.1 Å². The summed E-state index contributed by atoms with van der Waals surface area (Å²) in [6, 6.07) is 1.87. The van der Waals surface area contributed by atoms with Crippen LogP contribution >= 0.6 is 11.6 Å². The molecule has 2 aromatic rings. The van der Waals surface area contributed by atoms with Gasteiger partial charge in [0, 0.05) is 23.4 Å². The van der Waals surface area contributed by atoms with Crippen molar-refractivity contribution >= 4 is 17.2 Å². The first-order valence-electron chi connectivity index (χ1n) is 4.92. The van der Waals surface area contributed by atoms with E-state index in [0.29, 0.717) is 5.88 Å². The first kappa shape index (κ1) is 10.4. The zero-order valence-electron chi connectivity index (χ0n) is 9.16. The van der Waals surface area contributed by atoms with Crippen LogP contribution < -0.4 is 0 Å². The highest BCUT2D eigenvalue weighted by atomic mass is 35.5. The van der Waals surface area contributed by atoms with E-state index in [1.807, 2.05) is 12.3 Å². The maximum atomic E-state index is 5.97. The molecule has 0 amide bonds. The van der Waals surface area contributed by atoms with Crippen molar-refractivity contribution in [2.24, 2.45) is 0 Å². The van der Waals surface area contributed by atoms with Gasteiger partial charge in [-0.1, -0.05) is 20.8 Å². The monoisotopic (exact) mass is 223 g/mol. The second-order valence-corrected chi connectivity index (χ2v) is 4.87. The van der Waals surface area contributed by atoms with Crippen molar-refractivity contribution in [3.63, 3.8) is 0 Å². The number of alkyl halides is 1. The van der Waals surface area contributed by atoms with Crippen LogP contribution in [0.2, 0.25) is 0 Å². The van der Waals surface area contributed by atoms with Gasteiger partial charge in [0.1, 0.15) is 0 Å². The molecule has 0 saturated carbocycles. The summed E-state index contributed by atoms with van der Waals surface area (Å²) < 4.78 is 1.79. The van der Waals surface area contributed by atoms with Crippen LogP contribution in [-0.2, 0) is 11.3 Å². The molecule has 2 aromatic heterocycles. The number of fused-ring (bicyclic) bond motifs is 1. The van der Waals surface area contributed by atoms with Gasteiger partial charge in [-0.2, -0.15) is 5.10 Å². The number of halogens is 1. The molecule has 0 saturated heterocycles. The molecule has 15 heavy (non-hydrogen) atoms. The number of hydrogen-bond acceptors (Lipinski definition) is 2. The van der Waals surface area contributed by atoms with Gasteiger partial charge in [0.15, 0.2) is 5.65 Å². The molecule has 3 nitrogen and oxygen atoms in total. The van der Waals surface area contributed by atoms with Crippen LogP contribution in [0.3, 0.4) is 0 Å². The predicted molar refractivity (Wildman–Crippen MR) is 61.2 cm³/mol. The fraction of sp³-hybridized carbons (Fsp3) is 0.455. The third-order valence-electron chi connectivity index (χ3n) is 2.33. The molecule has 0 aliphatic heterocycles. The Hall–Kier alpha value is -1.09. The number of aromatic nitrogens is 3. The van der Waals surface area contributed by atoms with Gasteiger partial charge in [-0.25, -0.2) is 9.50 Å². The number of rotatable bonds is 1. The summed E-state index contributed by atoms with van der Waals surface area (Å²) in [7, 11) is 0. The van der Waals surface area contributed by atoms with Crippen LogP contribution in [0.25, 0.3) is 5.65 Å². The maximum absolute atomic E-state index is 5.97. The average Bonchev–Trinajstić information content (AvgIpc) is 2.55. The molecule has 4 heteroatoms. The molecular formula is C11H14ClN3. The van der Waals surface area contributed by atoms with E-state index in [0.717, 1.165) is 16.9 Å². The molecule has 0 radical (unpaired) electrons. The normalized spacial score (nSPS) is 12.3. The average molecular weight is 224 g/mol. The van der Waals surface area contributed by atoms with Crippen molar-refractivity contribution < 1.29 is 0 Å². The van der Waals surface area contributed by atoms with E-state index >= 15 is 0 Å². The molecule has 0 atom stereocenters. The van der Waals surface area contributed by atoms with Gasteiger partial charge in [0.05, 0.1) is 11.6 Å². The molecule has 0 aliphatic rings. The van der Waals surface area contributed by atoms with Crippen molar-refractivity contribution in [2.75, 3.05) is 0 Å². The molecule has 0 fully saturated rings. The smallest absolute Gasteiger partial charge is 0.159 e. The third-order valence-corrected chi connectivity index (χ3v) is 2.60. The summed E-state index contributed by atoms with van der Waals surface area (Å²) in [5.41, 5.74) is 2.91. The predicted octanol–water partition coefficient (Wildman–Crippen LogP) is 2.77. The highest BCUT2D eigenvalue weighted by molar-refractivity contribution is 6.17. The van der Waals surface area contributed by atoms with Crippen molar-refractivity contribution in [1.29, 1.82) is 0 Å². The lowest BCUT2D eigenvalue weighted by molar-refractivity contribution is 0.559. The first-order valence-corrected chi connectivity index (χ1v) is 5.46. The standard InChI is InChI=1S/C11H14ClN3/c1-11(2,3)9-8(7-12)10-13-5-4-6-15(10)14-9/h4-6H,7H2,1-3H3. The lowest BCUT2D eigenvalue weighted by atomic mass is 9.90. The summed E-state index contributed by atoms with van der Waals surface area (Å²) in [5.74, 6) is 0.452. The SMILES string of the molecule is CC(C)(C)c1nn2cccnc2c1CCl. The van der Waals surface area contributed by atoms with E-state index in [1.165, 1.54) is 0 Å². The lowest BCUT2D eigenvalue weighted by Crippen LogP contribution is -2.14. The summed E-state index contributed by atoms with van der Waals surface area (Å²) in [6.07, 6.45) is 3.66. The molecule has 2 rings (SSSR count). The minimum absolute atomic E-state index is 0.00206. The van der Waals surface area contributed by atoms with E-state index < -0.39 is 0 Å². The van der Waals surface area contributed by atoms with Gasteiger partial charge in [-0.3, -0.25) is 0 Å². The van der Waals surface area contributed by atoms with Crippen LogP contribution in [0, 0.1) is 0 Å². The maximum Gasteiger partial charge on any atom is 0.159 e. The Kier molecular flexibility index (Phi) is 2.43. The molecule has 0 N–H and O–H groups in total. The zero-order valence-corrected chi connectivity index (χ0v) is 9.91. The van der Waals surface area contributed by atoms with Crippen LogP contribution in [-0.4, -0.2) is 14.6 Å². The van der Waals surface area contributed by atoms with Crippen molar-refractivity contribution in [1.82, 2.24) is 14.6 Å². The molecule has 0 aliphatic carbocycles. The fourth-order valence-corrected chi connectivity index (χ4v) is 1.91. The van der Waals surface area contributed by atoms with Gasteiger partial charge in [0.2, 0.25) is 0 Å². The minimum atomic E-state index is -0.00206. The molecule has 0 spiro atoms. The number of nitrogens with zero attached hydrogens (tertiary/aromatic N) is 3. The Morgan fingerprint density at radius 3 is 2.73 bits per heavy atom. The summed E-state index contributed by atoms with van der Waals surface area (Å²) in [6.45, 7) is 6.39. The highest BCUT2D eigenvalue weighted by Gasteiger charge is 2.23. The lowest BCUT2D eigenvalue weighted by Gasteiger charge is -2.16. The van der Waals surface area contributed by atoms with Gasteiger partial charge >= 0.3 is 0 Å². The van der Waals surface area contributed by atoms with Crippen LogP contribution in [0.15, 0.2) is 18.5 Å². The summed E-state index contributed by atoms with van der Waals surface area (Å²) >= 11 is 5.97. The van der Waals surface area contributed by atoms with E-state index in [9.17, 15) is 0 Å². The van der Waals surface area contributed by atoms with Gasteiger partial charge < -0.3 is 0 Å². The minimum Gasteiger partial charge on any atom is -0.237 e. The summed E-state index contributed by atoms with van der Waals surface area (Å²) in [5, 5.41) is 4.52. The second-order valence-electron chi connectivity index (χ2n) is 4.60. The quantitative estimate of drug-likeness (QED) is 0.696. The zero-order chi connectivity index (χ0) is 11.1. The van der Waals surface area contributed by atoms with Crippen molar-refractivity contribution in [3.05, 3.63) is 29.7 Å². The molecule has 0 bridgehead atoms. The van der Waals surface area contributed by atoms with Crippen molar-refractivity contribution in [3.8, 4) is 0 Å². The highest BCUT2D eigenvalue weighted by Crippen LogP contribution is 2.27.